The molecule has 0 radical (unpaired) electrons. The van der Waals surface area contributed by atoms with E-state index in [-0.39, 0.29) is 6.10 Å². The van der Waals surface area contributed by atoms with Crippen LogP contribution in [0.1, 0.15) is 44.9 Å². The third kappa shape index (κ3) is 5.91. The SMILES string of the molecule is COC(=O)c1cc(OC)c2nc(Cc3ccc4cc3C/C=C/c3cc(Cl)ccc3COc3cccc-4n3)n(C[C@@H]3CCO3)c2c1. The summed E-state index contributed by atoms with van der Waals surface area (Å²) in [5, 5.41) is 0.672. The Morgan fingerprint density at radius 3 is 2.73 bits per heavy atom. The molecule has 5 aromatic rings. The first-order chi connectivity index (χ1) is 22.0. The monoisotopic (exact) mass is 621 g/mol. The minimum atomic E-state index is -0.427. The predicted molar refractivity (Wildman–Crippen MR) is 173 cm³/mol. The second-order valence-electron chi connectivity index (χ2n) is 11.2. The number of aromatic nitrogens is 3. The zero-order valence-corrected chi connectivity index (χ0v) is 25.8. The molecule has 2 aliphatic rings. The number of pyridine rings is 1. The number of benzene rings is 3. The fourth-order valence-corrected chi connectivity index (χ4v) is 6.07. The summed E-state index contributed by atoms with van der Waals surface area (Å²) in [4.78, 5) is 22.4. The van der Waals surface area contributed by atoms with E-state index in [0.717, 1.165) is 57.9 Å². The minimum Gasteiger partial charge on any atom is -0.494 e. The zero-order chi connectivity index (χ0) is 30.9. The number of allylic oxidation sites excluding steroid dienone is 1. The first-order valence-corrected chi connectivity index (χ1v) is 15.3. The Morgan fingerprint density at radius 2 is 1.93 bits per heavy atom. The fraction of sp³-hybridized carbons (Fsp3) is 0.250. The lowest BCUT2D eigenvalue weighted by atomic mass is 9.96. The van der Waals surface area contributed by atoms with Crippen LogP contribution in [0.5, 0.6) is 11.6 Å². The van der Waals surface area contributed by atoms with E-state index in [9.17, 15) is 4.79 Å². The molecule has 0 amide bonds. The highest BCUT2D eigenvalue weighted by Crippen LogP contribution is 2.32. The summed E-state index contributed by atoms with van der Waals surface area (Å²) in [5.41, 5.74) is 8.10. The maximum absolute atomic E-state index is 12.5. The fourth-order valence-electron chi connectivity index (χ4n) is 5.89. The van der Waals surface area contributed by atoms with Gasteiger partial charge in [-0.25, -0.2) is 14.8 Å². The molecule has 3 aromatic carbocycles. The highest BCUT2D eigenvalue weighted by atomic mass is 35.5. The summed E-state index contributed by atoms with van der Waals surface area (Å²) >= 11 is 6.37. The molecule has 228 valence electrons. The number of carbonyl (C=O) groups excluding carboxylic acids is 1. The van der Waals surface area contributed by atoms with Gasteiger partial charge in [-0.15, -0.1) is 0 Å². The van der Waals surface area contributed by atoms with Crippen molar-refractivity contribution in [1.29, 1.82) is 0 Å². The second kappa shape index (κ2) is 12.4. The number of halogens is 1. The molecule has 0 unspecified atom stereocenters. The Morgan fingerprint density at radius 1 is 1.04 bits per heavy atom. The lowest BCUT2D eigenvalue weighted by molar-refractivity contribution is -0.0589. The van der Waals surface area contributed by atoms with Crippen molar-refractivity contribution in [3.8, 4) is 22.9 Å². The Balaban J connectivity index is 1.33. The molecule has 45 heavy (non-hydrogen) atoms. The van der Waals surface area contributed by atoms with Crippen molar-refractivity contribution >= 4 is 34.7 Å². The highest BCUT2D eigenvalue weighted by molar-refractivity contribution is 6.30. The van der Waals surface area contributed by atoms with Crippen LogP contribution >= 0.6 is 11.6 Å². The summed E-state index contributed by atoms with van der Waals surface area (Å²) in [5.74, 6) is 1.53. The summed E-state index contributed by atoms with van der Waals surface area (Å²) in [7, 11) is 2.96. The Hall–Kier alpha value is -4.66. The van der Waals surface area contributed by atoms with Crippen molar-refractivity contribution in [2.75, 3.05) is 20.8 Å². The number of nitrogens with zero attached hydrogens (tertiary/aromatic N) is 3. The molecular weight excluding hydrogens is 590 g/mol. The van der Waals surface area contributed by atoms with Gasteiger partial charge in [0.1, 0.15) is 23.7 Å². The third-order valence-electron chi connectivity index (χ3n) is 8.41. The molecule has 4 heterocycles. The van der Waals surface area contributed by atoms with Gasteiger partial charge in [0.25, 0.3) is 0 Å². The normalized spacial score (nSPS) is 16.3. The molecule has 2 aromatic heterocycles. The molecule has 8 nitrogen and oxygen atoms in total. The molecule has 1 atom stereocenters. The van der Waals surface area contributed by atoms with Crippen molar-refractivity contribution in [3.63, 3.8) is 0 Å². The van der Waals surface area contributed by atoms with Gasteiger partial charge < -0.3 is 23.5 Å². The topological polar surface area (TPSA) is 84.7 Å². The molecule has 2 aliphatic heterocycles. The average molecular weight is 622 g/mol. The third-order valence-corrected chi connectivity index (χ3v) is 8.65. The largest absolute Gasteiger partial charge is 0.494 e. The van der Waals surface area contributed by atoms with Crippen molar-refractivity contribution < 1.29 is 23.7 Å². The lowest BCUT2D eigenvalue weighted by Crippen LogP contribution is -2.31. The second-order valence-corrected chi connectivity index (χ2v) is 11.7. The van der Waals surface area contributed by atoms with Crippen LogP contribution in [-0.4, -0.2) is 47.4 Å². The van der Waals surface area contributed by atoms with Crippen molar-refractivity contribution in [3.05, 3.63) is 111 Å². The average Bonchev–Trinajstić information content (AvgIpc) is 3.38. The quantitative estimate of drug-likeness (QED) is 0.187. The molecule has 1 fully saturated rings. The number of methoxy groups -OCH3 is 2. The van der Waals surface area contributed by atoms with Crippen LogP contribution in [0.15, 0.2) is 72.8 Å². The number of imidazole rings is 1. The van der Waals surface area contributed by atoms with Gasteiger partial charge in [0.05, 0.1) is 43.6 Å². The molecule has 1 saturated heterocycles. The van der Waals surface area contributed by atoms with Crippen LogP contribution < -0.4 is 9.47 Å². The van der Waals surface area contributed by atoms with Crippen LogP contribution in [0.3, 0.4) is 0 Å². The maximum Gasteiger partial charge on any atom is 0.338 e. The van der Waals surface area contributed by atoms with Crippen LogP contribution in [0.2, 0.25) is 5.02 Å². The molecule has 0 saturated carbocycles. The highest BCUT2D eigenvalue weighted by Gasteiger charge is 2.25. The number of rotatable bonds is 6. The van der Waals surface area contributed by atoms with E-state index < -0.39 is 5.97 Å². The van der Waals surface area contributed by atoms with Gasteiger partial charge in [0.15, 0.2) is 0 Å². The first-order valence-electron chi connectivity index (χ1n) is 14.9. The Kier molecular flexibility index (Phi) is 8.00. The van der Waals surface area contributed by atoms with E-state index >= 15 is 0 Å². The predicted octanol–water partition coefficient (Wildman–Crippen LogP) is 7.07. The lowest BCUT2D eigenvalue weighted by Gasteiger charge is -2.27. The minimum absolute atomic E-state index is 0.0839. The molecule has 0 N–H and O–H groups in total. The number of fused-ring (bicyclic) bond motifs is 7. The Labute approximate surface area is 266 Å². The number of ether oxygens (including phenoxy) is 4. The summed E-state index contributed by atoms with van der Waals surface area (Å²) < 4.78 is 24.8. The number of carbonyl (C=O) groups is 1. The number of hydrogen-bond acceptors (Lipinski definition) is 7. The molecule has 7 rings (SSSR count). The first kappa shape index (κ1) is 29.1. The molecule has 9 heteroatoms. The van der Waals surface area contributed by atoms with Crippen LogP contribution in [0.4, 0.5) is 0 Å². The standard InChI is InChI=1S/C36H32ClN3O5/c1-42-32-18-27(36(41)43-2)17-31-35(32)39-33(40(31)20-29-13-14-44-29)19-24-9-10-25-15-22(24)5-3-6-23-16-28(37)12-11-26(23)21-45-34-8-4-7-30(25)38-34/h3-4,6-12,15-18,29H,5,13-14,19-21H2,1-2H3/b6-3+/t29-/m0/s1. The van der Waals surface area contributed by atoms with Crippen molar-refractivity contribution in [1.82, 2.24) is 14.5 Å². The van der Waals surface area contributed by atoms with Gasteiger partial charge in [-0.1, -0.05) is 48.0 Å². The maximum atomic E-state index is 12.5. The van der Waals surface area contributed by atoms with Crippen molar-refractivity contribution in [2.45, 2.75) is 38.5 Å². The van der Waals surface area contributed by atoms with Crippen LogP contribution in [0.25, 0.3) is 28.4 Å². The smallest absolute Gasteiger partial charge is 0.338 e. The van der Waals surface area contributed by atoms with E-state index in [1.54, 1.807) is 13.2 Å². The number of esters is 1. The van der Waals surface area contributed by atoms with E-state index in [0.29, 0.717) is 53.7 Å². The van der Waals surface area contributed by atoms with Crippen molar-refractivity contribution in [2.24, 2.45) is 0 Å². The van der Waals surface area contributed by atoms with Gasteiger partial charge in [-0.05, 0) is 71.5 Å². The summed E-state index contributed by atoms with van der Waals surface area (Å²) in [6, 6.07) is 21.6. The van der Waals surface area contributed by atoms with E-state index in [4.69, 9.17) is 40.5 Å². The van der Waals surface area contributed by atoms with E-state index in [1.807, 2.05) is 42.5 Å². The molecular formula is C36H32ClN3O5. The molecule has 0 spiro atoms. The zero-order valence-electron chi connectivity index (χ0n) is 25.1. The van der Waals surface area contributed by atoms with Crippen LogP contribution in [0, 0.1) is 0 Å². The van der Waals surface area contributed by atoms with E-state index in [1.165, 1.54) is 7.11 Å². The van der Waals surface area contributed by atoms with Gasteiger partial charge in [-0.2, -0.15) is 0 Å². The van der Waals surface area contributed by atoms with Gasteiger partial charge in [0.2, 0.25) is 5.88 Å². The Bertz CT molecular complexity index is 1950. The van der Waals surface area contributed by atoms with Gasteiger partial charge >= 0.3 is 5.97 Å². The van der Waals surface area contributed by atoms with Gasteiger partial charge in [-0.3, -0.25) is 0 Å². The summed E-state index contributed by atoms with van der Waals surface area (Å²) in [6.45, 7) is 1.76. The van der Waals surface area contributed by atoms with Gasteiger partial charge in [0, 0.05) is 29.7 Å². The number of hydrogen-bond donors (Lipinski definition) is 0. The molecule has 0 aliphatic carbocycles. The van der Waals surface area contributed by atoms with Crippen LogP contribution in [-0.2, 0) is 35.5 Å². The molecule has 4 bridgehead atoms. The summed E-state index contributed by atoms with van der Waals surface area (Å²) in [6.07, 6.45) is 6.58. The van der Waals surface area contributed by atoms with E-state index in [2.05, 4.69) is 34.9 Å².